The van der Waals surface area contributed by atoms with E-state index < -0.39 is 18.5 Å². The van der Waals surface area contributed by atoms with E-state index in [1.807, 2.05) is 30.3 Å². The Hall–Kier alpha value is -3.84. The van der Waals surface area contributed by atoms with Crippen molar-refractivity contribution in [3.05, 3.63) is 88.9 Å². The second-order valence-corrected chi connectivity index (χ2v) is 7.91. The van der Waals surface area contributed by atoms with Crippen molar-refractivity contribution in [3.8, 4) is 0 Å². The number of halogens is 1. The Balaban J connectivity index is 1.36. The maximum atomic E-state index is 12.7. The number of para-hydroxylation sites is 3. The lowest BCUT2D eigenvalue weighted by Gasteiger charge is -2.28. The lowest BCUT2D eigenvalue weighted by Crippen LogP contribution is -2.44. The maximum Gasteiger partial charge on any atom is 0.340 e. The molecular formula is C25H22ClN3O4. The van der Waals surface area contributed by atoms with Gasteiger partial charge >= 0.3 is 5.97 Å². The lowest BCUT2D eigenvalue weighted by molar-refractivity contribution is -0.124. The van der Waals surface area contributed by atoms with E-state index in [1.165, 1.54) is 4.90 Å². The van der Waals surface area contributed by atoms with Crippen molar-refractivity contribution in [3.63, 3.8) is 0 Å². The Morgan fingerprint density at radius 3 is 2.55 bits per heavy atom. The van der Waals surface area contributed by atoms with E-state index in [2.05, 4.69) is 10.6 Å². The van der Waals surface area contributed by atoms with Crippen LogP contribution in [-0.2, 0) is 20.7 Å². The summed E-state index contributed by atoms with van der Waals surface area (Å²) in [4.78, 5) is 38.7. The number of benzene rings is 3. The first kappa shape index (κ1) is 22.4. The minimum Gasteiger partial charge on any atom is -0.452 e. The number of hydrogen-bond acceptors (Lipinski definition) is 5. The minimum absolute atomic E-state index is 0.129. The van der Waals surface area contributed by atoms with Crippen LogP contribution in [0.15, 0.2) is 72.8 Å². The van der Waals surface area contributed by atoms with Crippen LogP contribution in [0.2, 0.25) is 5.02 Å². The average molecular weight is 464 g/mol. The number of hydrogen-bond donors (Lipinski definition) is 2. The fraction of sp³-hybridized carbons (Fsp3) is 0.160. The molecule has 0 radical (unpaired) electrons. The van der Waals surface area contributed by atoms with Crippen LogP contribution in [0.25, 0.3) is 0 Å². The van der Waals surface area contributed by atoms with Gasteiger partial charge in [-0.3, -0.25) is 14.5 Å². The van der Waals surface area contributed by atoms with Gasteiger partial charge in [0.25, 0.3) is 5.91 Å². The van der Waals surface area contributed by atoms with Crippen molar-refractivity contribution in [2.75, 3.05) is 35.2 Å². The summed E-state index contributed by atoms with van der Waals surface area (Å²) in [6, 6.07) is 21.5. The molecule has 0 saturated carbocycles. The topological polar surface area (TPSA) is 87.7 Å². The highest BCUT2D eigenvalue weighted by atomic mass is 35.5. The average Bonchev–Trinajstić information content (AvgIpc) is 2.83. The van der Waals surface area contributed by atoms with Gasteiger partial charge in [0.1, 0.15) is 6.54 Å². The number of carbonyl (C=O) groups is 3. The number of ether oxygens (including phenoxy) is 1. The number of carbonyl (C=O) groups excluding carboxylic acids is 3. The van der Waals surface area contributed by atoms with Crippen molar-refractivity contribution >= 4 is 46.4 Å². The number of nitrogens with one attached hydrogen (secondary N) is 2. The molecule has 0 unspecified atom stereocenters. The van der Waals surface area contributed by atoms with Gasteiger partial charge in [-0.1, -0.05) is 48.0 Å². The van der Waals surface area contributed by atoms with Crippen LogP contribution in [0.4, 0.5) is 17.1 Å². The first-order chi connectivity index (χ1) is 16.0. The number of nitrogens with zero attached hydrogens (tertiary/aromatic N) is 1. The number of anilines is 3. The van der Waals surface area contributed by atoms with Gasteiger partial charge in [0, 0.05) is 17.3 Å². The van der Waals surface area contributed by atoms with Crippen molar-refractivity contribution in [2.24, 2.45) is 0 Å². The summed E-state index contributed by atoms with van der Waals surface area (Å²) in [6.07, 6.45) is 0.746. The summed E-state index contributed by atoms with van der Waals surface area (Å²) >= 11 is 5.92. The smallest absolute Gasteiger partial charge is 0.340 e. The van der Waals surface area contributed by atoms with Crippen LogP contribution in [0.5, 0.6) is 0 Å². The van der Waals surface area contributed by atoms with Gasteiger partial charge in [-0.2, -0.15) is 0 Å². The van der Waals surface area contributed by atoms with Gasteiger partial charge in [-0.05, 0) is 48.4 Å². The van der Waals surface area contributed by atoms with Gasteiger partial charge in [0.15, 0.2) is 6.61 Å². The Kier molecular flexibility index (Phi) is 6.90. The standard InChI is InChI=1S/C25H22ClN3O4/c26-18-11-9-17(10-12-18)13-14-27-20-6-2-1-5-19(20)25(32)33-16-24(31)29-15-23(30)28-21-7-3-4-8-22(21)29/h1-12,27H,13-16H2,(H,28,30). The molecule has 33 heavy (non-hydrogen) atoms. The maximum absolute atomic E-state index is 12.7. The van der Waals surface area contributed by atoms with Gasteiger partial charge in [0.2, 0.25) is 5.91 Å². The van der Waals surface area contributed by atoms with Gasteiger partial charge in [0.05, 0.1) is 16.9 Å². The van der Waals surface area contributed by atoms with Gasteiger partial charge in [-0.25, -0.2) is 4.79 Å². The molecule has 8 heteroatoms. The molecule has 3 aromatic carbocycles. The van der Waals surface area contributed by atoms with Gasteiger partial charge in [-0.15, -0.1) is 0 Å². The van der Waals surface area contributed by atoms with Crippen molar-refractivity contribution in [1.29, 1.82) is 0 Å². The Labute approximate surface area is 196 Å². The zero-order valence-electron chi connectivity index (χ0n) is 17.7. The fourth-order valence-corrected chi connectivity index (χ4v) is 3.67. The quantitative estimate of drug-likeness (QED) is 0.514. The molecule has 0 aromatic heterocycles. The van der Waals surface area contributed by atoms with E-state index in [0.29, 0.717) is 34.2 Å². The van der Waals surface area contributed by atoms with E-state index in [0.717, 1.165) is 12.0 Å². The predicted octanol–water partition coefficient (Wildman–Crippen LogP) is 4.14. The Bertz CT molecular complexity index is 1180. The highest BCUT2D eigenvalue weighted by Crippen LogP contribution is 2.29. The van der Waals surface area contributed by atoms with Crippen LogP contribution in [0.1, 0.15) is 15.9 Å². The third-order valence-corrected chi connectivity index (χ3v) is 5.44. The van der Waals surface area contributed by atoms with Crippen LogP contribution < -0.4 is 15.5 Å². The summed E-state index contributed by atoms with van der Waals surface area (Å²) < 4.78 is 5.30. The molecule has 0 atom stereocenters. The highest BCUT2D eigenvalue weighted by Gasteiger charge is 2.27. The SMILES string of the molecule is O=C1CN(C(=O)COC(=O)c2ccccc2NCCc2ccc(Cl)cc2)c2ccccc2N1. The third-order valence-electron chi connectivity index (χ3n) is 5.19. The molecule has 4 rings (SSSR count). The third kappa shape index (κ3) is 5.51. The van der Waals surface area contributed by atoms with Crippen molar-refractivity contribution in [1.82, 2.24) is 0 Å². The van der Waals surface area contributed by atoms with E-state index in [9.17, 15) is 14.4 Å². The Morgan fingerprint density at radius 1 is 1.00 bits per heavy atom. The first-order valence-electron chi connectivity index (χ1n) is 10.4. The molecule has 168 valence electrons. The second kappa shape index (κ2) is 10.2. The van der Waals surface area contributed by atoms with Crippen molar-refractivity contribution < 1.29 is 19.1 Å². The monoisotopic (exact) mass is 463 g/mol. The molecule has 0 saturated heterocycles. The largest absolute Gasteiger partial charge is 0.452 e. The van der Waals surface area contributed by atoms with E-state index >= 15 is 0 Å². The van der Waals surface area contributed by atoms with Gasteiger partial charge < -0.3 is 15.4 Å². The number of esters is 1. The minimum atomic E-state index is -0.618. The van der Waals surface area contributed by atoms with Crippen LogP contribution in [-0.4, -0.2) is 37.5 Å². The number of fused-ring (bicyclic) bond motifs is 1. The molecule has 1 aliphatic rings. The number of amides is 2. The molecule has 0 fully saturated rings. The van der Waals surface area contributed by atoms with Crippen LogP contribution >= 0.6 is 11.6 Å². The van der Waals surface area contributed by atoms with E-state index in [-0.39, 0.29) is 12.5 Å². The molecule has 3 aromatic rings. The molecule has 2 amide bonds. The molecule has 7 nitrogen and oxygen atoms in total. The molecule has 1 heterocycles. The van der Waals surface area contributed by atoms with Crippen LogP contribution in [0.3, 0.4) is 0 Å². The molecule has 0 spiro atoms. The lowest BCUT2D eigenvalue weighted by atomic mass is 10.1. The normalized spacial score (nSPS) is 12.5. The summed E-state index contributed by atoms with van der Waals surface area (Å²) in [5.41, 5.74) is 3.18. The van der Waals surface area contributed by atoms with E-state index in [4.69, 9.17) is 16.3 Å². The molecule has 0 aliphatic carbocycles. The molecular weight excluding hydrogens is 442 g/mol. The van der Waals surface area contributed by atoms with Crippen LogP contribution in [0, 0.1) is 0 Å². The van der Waals surface area contributed by atoms with Crippen molar-refractivity contribution in [2.45, 2.75) is 6.42 Å². The summed E-state index contributed by atoms with van der Waals surface area (Å²) in [6.45, 7) is 0.000321. The highest BCUT2D eigenvalue weighted by molar-refractivity contribution is 6.30. The molecule has 2 N–H and O–H groups in total. The summed E-state index contributed by atoms with van der Waals surface area (Å²) in [5.74, 6) is -1.39. The fourth-order valence-electron chi connectivity index (χ4n) is 3.55. The zero-order chi connectivity index (χ0) is 23.2. The summed E-state index contributed by atoms with van der Waals surface area (Å²) in [5, 5.41) is 6.65. The first-order valence-corrected chi connectivity index (χ1v) is 10.8. The Morgan fingerprint density at radius 2 is 1.73 bits per heavy atom. The predicted molar refractivity (Wildman–Crippen MR) is 128 cm³/mol. The summed E-state index contributed by atoms with van der Waals surface area (Å²) in [7, 11) is 0. The zero-order valence-corrected chi connectivity index (χ0v) is 18.5. The second-order valence-electron chi connectivity index (χ2n) is 7.47. The molecule has 0 bridgehead atoms. The number of rotatable bonds is 7. The van der Waals surface area contributed by atoms with E-state index in [1.54, 1.807) is 42.5 Å². The molecule has 1 aliphatic heterocycles.